The number of nitrogens with two attached hydrogens (primary N) is 1. The average molecular weight is 387 g/mol. The monoisotopic (exact) mass is 386 g/mol. The van der Waals surface area contributed by atoms with Crippen LogP contribution in [-0.4, -0.2) is 26.3 Å². The number of rotatable bonds is 4. The molecule has 2 rings (SSSR count). The van der Waals surface area contributed by atoms with E-state index in [-0.39, 0.29) is 22.9 Å². The Morgan fingerprint density at radius 2 is 1.83 bits per heavy atom. The lowest BCUT2D eigenvalue weighted by atomic mass is 10.1. The van der Waals surface area contributed by atoms with Crippen molar-refractivity contribution in [3.05, 3.63) is 63.1 Å². The summed E-state index contributed by atoms with van der Waals surface area (Å²) in [5.41, 5.74) is 1.66. The Labute approximate surface area is 151 Å². The maximum atomic E-state index is 12.6. The van der Waals surface area contributed by atoms with Gasteiger partial charge in [0.2, 0.25) is 10.0 Å². The number of sulfonamides is 1. The van der Waals surface area contributed by atoms with Gasteiger partial charge in [-0.25, -0.2) is 13.6 Å². The molecular weight excluding hydrogens is 371 g/mol. The second-order valence-corrected chi connectivity index (χ2v) is 7.82. The Balaban J connectivity index is 2.31. The van der Waals surface area contributed by atoms with Crippen molar-refractivity contribution in [3.8, 4) is 0 Å². The minimum Gasteiger partial charge on any atom is -0.337 e. The molecule has 0 aromatic heterocycles. The first-order chi connectivity index (χ1) is 11.1. The molecule has 0 unspecified atom stereocenters. The van der Waals surface area contributed by atoms with E-state index in [1.54, 1.807) is 38.2 Å². The second kappa shape index (κ2) is 7.11. The molecule has 2 aromatic rings. The van der Waals surface area contributed by atoms with Crippen molar-refractivity contribution < 1.29 is 13.2 Å². The fraction of sp³-hybridized carbons (Fsp3) is 0.188. The predicted molar refractivity (Wildman–Crippen MR) is 94.8 cm³/mol. The Morgan fingerprint density at radius 3 is 2.42 bits per heavy atom. The van der Waals surface area contributed by atoms with Gasteiger partial charge in [-0.3, -0.25) is 4.79 Å². The molecule has 8 heteroatoms. The number of nitrogens with zero attached hydrogens (tertiary/aromatic N) is 1. The molecule has 5 nitrogen and oxygen atoms in total. The standard InChI is InChI=1S/C16H16Cl2N2O3S/c1-10-3-6-13(24(19,22)23)8-14(10)16(21)20(2)9-11-4-5-12(17)7-15(11)18/h3-8H,9H2,1-2H3,(H2,19,22,23). The van der Waals surface area contributed by atoms with Crippen LogP contribution in [0.2, 0.25) is 10.0 Å². The van der Waals surface area contributed by atoms with E-state index in [1.807, 2.05) is 0 Å². The summed E-state index contributed by atoms with van der Waals surface area (Å²) in [5, 5.41) is 6.09. The lowest BCUT2D eigenvalue weighted by molar-refractivity contribution is 0.0784. The average Bonchev–Trinajstić information content (AvgIpc) is 2.48. The Morgan fingerprint density at radius 1 is 1.17 bits per heavy atom. The van der Waals surface area contributed by atoms with Crippen LogP contribution in [0.15, 0.2) is 41.3 Å². The first kappa shape index (κ1) is 18.7. The van der Waals surface area contributed by atoms with Gasteiger partial charge < -0.3 is 4.90 Å². The topological polar surface area (TPSA) is 80.5 Å². The third-order valence-electron chi connectivity index (χ3n) is 3.54. The maximum Gasteiger partial charge on any atom is 0.254 e. The maximum absolute atomic E-state index is 12.6. The number of amides is 1. The molecule has 2 aromatic carbocycles. The van der Waals surface area contributed by atoms with Gasteiger partial charge in [0.15, 0.2) is 0 Å². The number of carbonyl (C=O) groups is 1. The van der Waals surface area contributed by atoms with E-state index in [1.165, 1.54) is 17.0 Å². The third kappa shape index (κ3) is 4.27. The van der Waals surface area contributed by atoms with Gasteiger partial charge in [0.05, 0.1) is 4.90 Å². The van der Waals surface area contributed by atoms with Crippen LogP contribution >= 0.6 is 23.2 Å². The summed E-state index contributed by atoms with van der Waals surface area (Å²) in [6.07, 6.45) is 0. The molecule has 24 heavy (non-hydrogen) atoms. The van der Waals surface area contributed by atoms with Crippen molar-refractivity contribution in [1.82, 2.24) is 4.90 Å². The molecule has 128 valence electrons. The van der Waals surface area contributed by atoms with Crippen LogP contribution in [0.3, 0.4) is 0 Å². The van der Waals surface area contributed by atoms with Gasteiger partial charge in [-0.2, -0.15) is 0 Å². The van der Waals surface area contributed by atoms with Crippen molar-refractivity contribution in [2.75, 3.05) is 7.05 Å². The van der Waals surface area contributed by atoms with Crippen molar-refractivity contribution >= 4 is 39.1 Å². The van der Waals surface area contributed by atoms with Crippen LogP contribution in [0, 0.1) is 6.92 Å². The Bertz CT molecular complexity index is 898. The first-order valence-electron chi connectivity index (χ1n) is 6.92. The minimum atomic E-state index is -3.88. The summed E-state index contributed by atoms with van der Waals surface area (Å²) in [4.78, 5) is 14.0. The van der Waals surface area contributed by atoms with Crippen LogP contribution in [0.25, 0.3) is 0 Å². The van der Waals surface area contributed by atoms with Crippen LogP contribution in [0.4, 0.5) is 0 Å². The molecular formula is C16H16Cl2N2O3S. The van der Waals surface area contributed by atoms with E-state index < -0.39 is 10.0 Å². The largest absolute Gasteiger partial charge is 0.337 e. The lowest BCUT2D eigenvalue weighted by Crippen LogP contribution is -2.27. The van der Waals surface area contributed by atoms with Gasteiger partial charge in [-0.15, -0.1) is 0 Å². The molecule has 0 heterocycles. The first-order valence-corrected chi connectivity index (χ1v) is 9.22. The quantitative estimate of drug-likeness (QED) is 0.875. The SMILES string of the molecule is Cc1ccc(S(N)(=O)=O)cc1C(=O)N(C)Cc1ccc(Cl)cc1Cl. The molecule has 0 fully saturated rings. The van der Waals surface area contributed by atoms with Crippen LogP contribution in [0.1, 0.15) is 21.5 Å². The van der Waals surface area contributed by atoms with Gasteiger partial charge in [0, 0.05) is 29.2 Å². The van der Waals surface area contributed by atoms with Crippen LogP contribution in [-0.2, 0) is 16.6 Å². The number of benzene rings is 2. The fourth-order valence-corrected chi connectivity index (χ4v) is 3.20. The van der Waals surface area contributed by atoms with Crippen molar-refractivity contribution in [3.63, 3.8) is 0 Å². The van der Waals surface area contributed by atoms with Crippen LogP contribution in [0.5, 0.6) is 0 Å². The van der Waals surface area contributed by atoms with Gasteiger partial charge in [-0.05, 0) is 42.3 Å². The highest BCUT2D eigenvalue weighted by molar-refractivity contribution is 7.89. The molecule has 0 saturated carbocycles. The molecule has 1 amide bonds. The lowest BCUT2D eigenvalue weighted by Gasteiger charge is -2.19. The molecule has 0 saturated heterocycles. The highest BCUT2D eigenvalue weighted by atomic mass is 35.5. The summed E-state index contributed by atoms with van der Waals surface area (Å²) < 4.78 is 23.0. The van der Waals surface area contributed by atoms with E-state index in [9.17, 15) is 13.2 Å². The zero-order valence-electron chi connectivity index (χ0n) is 13.1. The van der Waals surface area contributed by atoms with Crippen molar-refractivity contribution in [2.24, 2.45) is 5.14 Å². The normalized spacial score (nSPS) is 11.4. The molecule has 0 atom stereocenters. The Hall–Kier alpha value is -1.60. The van der Waals surface area contributed by atoms with Gasteiger partial charge in [-0.1, -0.05) is 35.3 Å². The summed E-state index contributed by atoms with van der Waals surface area (Å²) in [6.45, 7) is 1.98. The minimum absolute atomic E-state index is 0.102. The number of primary sulfonamides is 1. The van der Waals surface area contributed by atoms with Gasteiger partial charge in [0.25, 0.3) is 5.91 Å². The van der Waals surface area contributed by atoms with E-state index in [4.69, 9.17) is 28.3 Å². The van der Waals surface area contributed by atoms with E-state index >= 15 is 0 Å². The molecule has 0 aliphatic rings. The zero-order chi connectivity index (χ0) is 18.1. The molecule has 0 spiro atoms. The van der Waals surface area contributed by atoms with Gasteiger partial charge >= 0.3 is 0 Å². The summed E-state index contributed by atoms with van der Waals surface area (Å²) in [7, 11) is -2.27. The Kier molecular flexibility index (Phi) is 5.55. The molecule has 0 radical (unpaired) electrons. The second-order valence-electron chi connectivity index (χ2n) is 5.42. The fourth-order valence-electron chi connectivity index (χ4n) is 2.19. The smallest absolute Gasteiger partial charge is 0.254 e. The summed E-state index contributed by atoms with van der Waals surface area (Å²) in [6, 6.07) is 9.24. The summed E-state index contributed by atoms with van der Waals surface area (Å²) >= 11 is 12.0. The van der Waals surface area contributed by atoms with Crippen LogP contribution < -0.4 is 5.14 Å². The summed E-state index contributed by atoms with van der Waals surface area (Å²) in [5.74, 6) is -0.330. The predicted octanol–water partition coefficient (Wildman–Crippen LogP) is 3.22. The highest BCUT2D eigenvalue weighted by Crippen LogP contribution is 2.23. The van der Waals surface area contributed by atoms with E-state index in [0.717, 1.165) is 5.56 Å². The van der Waals surface area contributed by atoms with E-state index in [0.29, 0.717) is 15.6 Å². The highest BCUT2D eigenvalue weighted by Gasteiger charge is 2.18. The van der Waals surface area contributed by atoms with E-state index in [2.05, 4.69) is 0 Å². The number of halogens is 2. The van der Waals surface area contributed by atoms with Crippen molar-refractivity contribution in [1.29, 1.82) is 0 Å². The molecule has 0 bridgehead atoms. The molecule has 0 aliphatic heterocycles. The molecule has 0 aliphatic carbocycles. The number of hydrogen-bond donors (Lipinski definition) is 1. The number of carbonyl (C=O) groups excluding carboxylic acids is 1. The zero-order valence-corrected chi connectivity index (χ0v) is 15.4. The molecule has 2 N–H and O–H groups in total. The van der Waals surface area contributed by atoms with Crippen molar-refractivity contribution in [2.45, 2.75) is 18.4 Å². The van der Waals surface area contributed by atoms with Gasteiger partial charge in [0.1, 0.15) is 0 Å². The number of aryl methyl sites for hydroxylation is 1. The third-order valence-corrected chi connectivity index (χ3v) is 5.04. The number of hydrogen-bond acceptors (Lipinski definition) is 3.